The molecular formula is C15H14F4N2O5. The van der Waals surface area contributed by atoms with Crippen molar-refractivity contribution in [2.45, 2.75) is 25.1 Å². The average molecular weight is 378 g/mol. The number of halogens is 4. The molecule has 1 aromatic rings. The topological polar surface area (TPSA) is 95.9 Å². The zero-order valence-corrected chi connectivity index (χ0v) is 13.2. The Morgan fingerprint density at radius 2 is 1.96 bits per heavy atom. The number of hydrogen-bond donors (Lipinski definition) is 2. The number of fused-ring (bicyclic) bond motifs is 1. The van der Waals surface area contributed by atoms with Crippen LogP contribution in [0.2, 0.25) is 0 Å². The van der Waals surface area contributed by atoms with Crippen molar-refractivity contribution in [2.75, 3.05) is 18.1 Å². The normalized spacial score (nSPS) is 18.8. The Balaban J connectivity index is 0.000000298. The van der Waals surface area contributed by atoms with E-state index in [2.05, 4.69) is 5.32 Å². The highest BCUT2D eigenvalue weighted by Gasteiger charge is 2.38. The van der Waals surface area contributed by atoms with Crippen molar-refractivity contribution in [3.63, 3.8) is 0 Å². The summed E-state index contributed by atoms with van der Waals surface area (Å²) in [5.74, 6) is -3.06. The van der Waals surface area contributed by atoms with Gasteiger partial charge in [0.05, 0.1) is 12.2 Å². The Morgan fingerprint density at radius 3 is 2.50 bits per heavy atom. The molecule has 1 fully saturated rings. The van der Waals surface area contributed by atoms with Crippen molar-refractivity contribution in [1.82, 2.24) is 5.32 Å². The van der Waals surface area contributed by atoms with Gasteiger partial charge in [0.25, 0.3) is 0 Å². The van der Waals surface area contributed by atoms with Gasteiger partial charge in [0.1, 0.15) is 24.2 Å². The van der Waals surface area contributed by atoms with Crippen LogP contribution in [0.1, 0.15) is 12.8 Å². The lowest BCUT2D eigenvalue weighted by Gasteiger charge is -2.31. The van der Waals surface area contributed by atoms with E-state index in [1.807, 2.05) is 0 Å². The number of nitrogens with zero attached hydrogens (tertiary/aromatic N) is 1. The summed E-state index contributed by atoms with van der Waals surface area (Å²) in [5, 5.41) is 9.77. The van der Waals surface area contributed by atoms with Crippen molar-refractivity contribution in [2.24, 2.45) is 0 Å². The summed E-state index contributed by atoms with van der Waals surface area (Å²) in [7, 11) is 0. The molecule has 1 saturated heterocycles. The van der Waals surface area contributed by atoms with Gasteiger partial charge in [-0.05, 0) is 18.6 Å². The summed E-state index contributed by atoms with van der Waals surface area (Å²) in [6, 6.07) is 3.60. The van der Waals surface area contributed by atoms with Crippen LogP contribution in [0.4, 0.5) is 23.2 Å². The number of benzene rings is 1. The third kappa shape index (κ3) is 4.61. The van der Waals surface area contributed by atoms with E-state index >= 15 is 0 Å². The quantitative estimate of drug-likeness (QED) is 0.722. The van der Waals surface area contributed by atoms with Crippen molar-refractivity contribution >= 4 is 23.5 Å². The summed E-state index contributed by atoms with van der Waals surface area (Å²) < 4.78 is 50.2. The molecule has 1 aromatic carbocycles. The lowest BCUT2D eigenvalue weighted by atomic mass is 10.1. The second kappa shape index (κ2) is 7.58. The minimum atomic E-state index is -5.08. The molecule has 11 heteroatoms. The average Bonchev–Trinajstić information content (AvgIpc) is 2.99. The predicted molar refractivity (Wildman–Crippen MR) is 79.1 cm³/mol. The summed E-state index contributed by atoms with van der Waals surface area (Å²) in [6.45, 7) is 0.729. The summed E-state index contributed by atoms with van der Waals surface area (Å²) >= 11 is 0. The first kappa shape index (κ1) is 19.5. The molecule has 26 heavy (non-hydrogen) atoms. The molecule has 0 spiro atoms. The zero-order valence-electron chi connectivity index (χ0n) is 13.2. The number of carboxylic acids is 1. The van der Waals surface area contributed by atoms with Crippen LogP contribution in [-0.4, -0.2) is 48.3 Å². The Kier molecular flexibility index (Phi) is 5.68. The number of anilines is 1. The second-order valence-electron chi connectivity index (χ2n) is 5.41. The van der Waals surface area contributed by atoms with E-state index in [-0.39, 0.29) is 11.8 Å². The zero-order chi connectivity index (χ0) is 19.5. The number of nitrogens with one attached hydrogen (secondary N) is 1. The third-order valence-electron chi connectivity index (χ3n) is 3.59. The Labute approximate surface area is 144 Å². The molecule has 7 nitrogen and oxygen atoms in total. The van der Waals surface area contributed by atoms with Gasteiger partial charge in [-0.3, -0.25) is 9.59 Å². The Hall–Kier alpha value is -2.85. The molecule has 2 aliphatic rings. The first-order chi connectivity index (χ1) is 12.1. The van der Waals surface area contributed by atoms with Gasteiger partial charge >= 0.3 is 12.1 Å². The maximum Gasteiger partial charge on any atom is 0.490 e. The fourth-order valence-corrected chi connectivity index (χ4v) is 2.41. The summed E-state index contributed by atoms with van der Waals surface area (Å²) in [5.41, 5.74) is 0.554. The third-order valence-corrected chi connectivity index (χ3v) is 3.59. The van der Waals surface area contributed by atoms with E-state index < -0.39 is 24.0 Å². The smallest absolute Gasteiger partial charge is 0.489 e. The number of rotatable bonds is 1. The van der Waals surface area contributed by atoms with Crippen LogP contribution in [0.15, 0.2) is 18.2 Å². The van der Waals surface area contributed by atoms with Gasteiger partial charge < -0.3 is 20.1 Å². The largest absolute Gasteiger partial charge is 0.490 e. The molecule has 0 saturated carbocycles. The molecule has 0 radical (unpaired) electrons. The van der Waals surface area contributed by atoms with E-state index in [0.29, 0.717) is 37.4 Å². The van der Waals surface area contributed by atoms with Crippen LogP contribution in [0.5, 0.6) is 5.75 Å². The van der Waals surface area contributed by atoms with E-state index in [4.69, 9.17) is 14.6 Å². The van der Waals surface area contributed by atoms with Gasteiger partial charge in [0.2, 0.25) is 11.8 Å². The van der Waals surface area contributed by atoms with Gasteiger partial charge in [-0.25, -0.2) is 9.18 Å². The molecule has 0 bridgehead atoms. The molecule has 1 atom stereocenters. The molecule has 2 heterocycles. The van der Waals surface area contributed by atoms with E-state index in [0.717, 1.165) is 0 Å². The van der Waals surface area contributed by atoms with Crippen molar-refractivity contribution < 1.29 is 41.8 Å². The van der Waals surface area contributed by atoms with Gasteiger partial charge in [-0.15, -0.1) is 0 Å². The molecule has 142 valence electrons. The number of amides is 2. The summed E-state index contributed by atoms with van der Waals surface area (Å²) in [4.78, 5) is 34.0. The standard InChI is InChI=1S/C13H13FN2O3.C2HF3O2/c14-8-1-3-10-11(7-8)19-6-5-16(10)13(18)9-2-4-12(17)15-9;3-2(4,5)1(6)7/h1,3,7,9H,2,4-6H2,(H,15,17);(H,6,7)/t9-;/m0./s1. The second-order valence-corrected chi connectivity index (χ2v) is 5.41. The fraction of sp³-hybridized carbons (Fsp3) is 0.400. The van der Waals surface area contributed by atoms with Crippen LogP contribution >= 0.6 is 0 Å². The monoisotopic (exact) mass is 378 g/mol. The highest BCUT2D eigenvalue weighted by molar-refractivity contribution is 6.01. The predicted octanol–water partition coefficient (Wildman–Crippen LogP) is 1.46. The number of alkyl halides is 3. The lowest BCUT2D eigenvalue weighted by molar-refractivity contribution is -0.192. The number of carbonyl (C=O) groups excluding carboxylic acids is 2. The van der Waals surface area contributed by atoms with Gasteiger partial charge in [-0.2, -0.15) is 13.2 Å². The Bertz CT molecular complexity index is 722. The Morgan fingerprint density at radius 1 is 1.31 bits per heavy atom. The van der Waals surface area contributed by atoms with E-state index in [9.17, 15) is 27.2 Å². The number of aliphatic carboxylic acids is 1. The van der Waals surface area contributed by atoms with E-state index in [1.54, 1.807) is 4.90 Å². The molecule has 0 aliphatic carbocycles. The first-order valence-corrected chi connectivity index (χ1v) is 7.43. The SMILES string of the molecule is O=C(O)C(F)(F)F.O=C1CC[C@@H](C(=O)N2CCOc3cc(F)ccc32)N1. The first-order valence-electron chi connectivity index (χ1n) is 7.43. The molecule has 0 aromatic heterocycles. The van der Waals surface area contributed by atoms with Crippen molar-refractivity contribution in [3.8, 4) is 5.75 Å². The number of hydrogen-bond acceptors (Lipinski definition) is 4. The minimum absolute atomic E-state index is 0.106. The highest BCUT2D eigenvalue weighted by atomic mass is 19.4. The van der Waals surface area contributed by atoms with Crippen molar-refractivity contribution in [1.29, 1.82) is 0 Å². The van der Waals surface area contributed by atoms with Crippen LogP contribution in [0, 0.1) is 5.82 Å². The number of carboxylic acid groups (broad SMARTS) is 1. The summed E-state index contributed by atoms with van der Waals surface area (Å²) in [6.07, 6.45) is -4.21. The fourth-order valence-electron chi connectivity index (χ4n) is 2.41. The number of ether oxygens (including phenoxy) is 1. The van der Waals surface area contributed by atoms with Crippen LogP contribution in [0.25, 0.3) is 0 Å². The molecular weight excluding hydrogens is 364 g/mol. The van der Waals surface area contributed by atoms with Gasteiger partial charge in [0, 0.05) is 12.5 Å². The van der Waals surface area contributed by atoms with Gasteiger partial charge in [0.15, 0.2) is 0 Å². The molecule has 2 amide bonds. The van der Waals surface area contributed by atoms with Crippen LogP contribution in [-0.2, 0) is 14.4 Å². The van der Waals surface area contributed by atoms with Gasteiger partial charge in [-0.1, -0.05) is 0 Å². The molecule has 2 N–H and O–H groups in total. The molecule has 2 aliphatic heterocycles. The maximum atomic E-state index is 13.1. The highest BCUT2D eigenvalue weighted by Crippen LogP contribution is 2.33. The van der Waals surface area contributed by atoms with E-state index in [1.165, 1.54) is 18.2 Å². The molecule has 3 rings (SSSR count). The molecule has 0 unspecified atom stereocenters. The maximum absolute atomic E-state index is 13.1. The number of carbonyl (C=O) groups is 3. The van der Waals surface area contributed by atoms with Crippen molar-refractivity contribution in [3.05, 3.63) is 24.0 Å². The van der Waals surface area contributed by atoms with Crippen LogP contribution < -0.4 is 15.0 Å². The minimum Gasteiger partial charge on any atom is -0.489 e. The van der Waals surface area contributed by atoms with Crippen LogP contribution in [0.3, 0.4) is 0 Å². The lowest BCUT2D eigenvalue weighted by Crippen LogP contribution is -2.47.